The lowest BCUT2D eigenvalue weighted by Gasteiger charge is -2.34. The molecule has 1 aliphatic carbocycles. The van der Waals surface area contributed by atoms with E-state index in [9.17, 15) is 0 Å². The van der Waals surface area contributed by atoms with Gasteiger partial charge in [-0.05, 0) is 74.5 Å². The van der Waals surface area contributed by atoms with Gasteiger partial charge in [0.15, 0.2) is 0 Å². The Morgan fingerprint density at radius 2 is 1.60 bits per heavy atom. The molecule has 1 heterocycles. The predicted molar refractivity (Wildman–Crippen MR) is 86.0 cm³/mol. The van der Waals surface area contributed by atoms with Crippen LogP contribution in [0, 0.1) is 5.41 Å². The largest absolute Gasteiger partial charge is 0.308 e. The van der Waals surface area contributed by atoms with Crippen LogP contribution in [0.4, 0.5) is 0 Å². The zero-order chi connectivity index (χ0) is 14.2. The van der Waals surface area contributed by atoms with E-state index >= 15 is 0 Å². The summed E-state index contributed by atoms with van der Waals surface area (Å²) in [4.78, 5) is 0. The van der Waals surface area contributed by atoms with Crippen molar-refractivity contribution in [3.8, 4) is 0 Å². The third-order valence-corrected chi connectivity index (χ3v) is 5.73. The summed E-state index contributed by atoms with van der Waals surface area (Å²) < 4.78 is 0. The van der Waals surface area contributed by atoms with Crippen molar-refractivity contribution in [1.82, 2.24) is 5.32 Å². The summed E-state index contributed by atoms with van der Waals surface area (Å²) in [5, 5.41) is 3.66. The molecule has 2 aliphatic rings. The molecule has 1 saturated heterocycles. The molecule has 20 heavy (non-hydrogen) atoms. The molecule has 0 aromatic heterocycles. The lowest BCUT2D eigenvalue weighted by molar-refractivity contribution is 0.224. The van der Waals surface area contributed by atoms with Gasteiger partial charge in [0.2, 0.25) is 0 Å². The first-order valence-corrected chi connectivity index (χ1v) is 8.34. The van der Waals surface area contributed by atoms with Crippen LogP contribution in [0.5, 0.6) is 0 Å². The van der Waals surface area contributed by atoms with Crippen molar-refractivity contribution in [2.24, 2.45) is 5.41 Å². The van der Waals surface area contributed by atoms with Gasteiger partial charge < -0.3 is 5.32 Å². The molecule has 1 N–H and O–H groups in total. The number of hydrogen-bond donors (Lipinski definition) is 1. The Kier molecular flexibility index (Phi) is 3.66. The van der Waals surface area contributed by atoms with E-state index in [2.05, 4.69) is 50.4 Å². The van der Waals surface area contributed by atoms with Crippen LogP contribution in [0.3, 0.4) is 0 Å². The fourth-order valence-corrected chi connectivity index (χ4v) is 4.00. The number of hydrogen-bond acceptors (Lipinski definition) is 1. The minimum atomic E-state index is 0.215. The summed E-state index contributed by atoms with van der Waals surface area (Å²) in [6.07, 6.45) is 8.04. The maximum absolute atomic E-state index is 3.66. The quantitative estimate of drug-likeness (QED) is 0.801. The number of benzene rings is 1. The number of nitrogens with one attached hydrogen (secondary N) is 1. The minimum Gasteiger partial charge on any atom is -0.308 e. The predicted octanol–water partition coefficient (Wildman–Crippen LogP) is 4.97. The molecular weight excluding hydrogens is 242 g/mol. The fourth-order valence-electron chi connectivity index (χ4n) is 4.00. The second-order valence-electron chi connectivity index (χ2n) is 7.92. The highest BCUT2D eigenvalue weighted by atomic mass is 15.0. The third-order valence-electron chi connectivity index (χ3n) is 5.73. The summed E-state index contributed by atoms with van der Waals surface area (Å²) in [6, 6.07) is 9.52. The van der Waals surface area contributed by atoms with Crippen molar-refractivity contribution in [1.29, 1.82) is 0 Å². The summed E-state index contributed by atoms with van der Waals surface area (Å²) in [5.41, 5.74) is 3.81. The molecule has 3 rings (SSSR count). The van der Waals surface area contributed by atoms with Crippen LogP contribution in [0.1, 0.15) is 76.3 Å². The van der Waals surface area contributed by atoms with Crippen LogP contribution >= 0.6 is 0 Å². The molecule has 110 valence electrons. The second kappa shape index (κ2) is 5.18. The molecule has 1 aromatic rings. The monoisotopic (exact) mass is 271 g/mol. The van der Waals surface area contributed by atoms with Gasteiger partial charge in [-0.2, -0.15) is 0 Å². The molecule has 1 atom stereocenters. The van der Waals surface area contributed by atoms with Gasteiger partial charge in [0.25, 0.3) is 0 Å². The molecule has 1 nitrogen and oxygen atoms in total. The van der Waals surface area contributed by atoms with Crippen LogP contribution in [-0.4, -0.2) is 6.54 Å². The Morgan fingerprint density at radius 1 is 0.950 bits per heavy atom. The van der Waals surface area contributed by atoms with Crippen LogP contribution in [0.2, 0.25) is 0 Å². The molecule has 2 fully saturated rings. The van der Waals surface area contributed by atoms with Gasteiger partial charge in [0.05, 0.1) is 0 Å². The molecule has 1 aliphatic heterocycles. The summed E-state index contributed by atoms with van der Waals surface area (Å²) in [7, 11) is 0. The Labute approximate surface area is 124 Å². The van der Waals surface area contributed by atoms with Crippen LogP contribution in [0.15, 0.2) is 24.3 Å². The second-order valence-corrected chi connectivity index (χ2v) is 7.92. The molecule has 0 bridgehead atoms. The first kappa shape index (κ1) is 14.1. The van der Waals surface area contributed by atoms with Crippen molar-refractivity contribution in [2.45, 2.75) is 70.8 Å². The SMILES string of the molecule is CC1(C)CCC(c2ccc(C3(C)CCCN3)cc2)CC1. The maximum atomic E-state index is 3.66. The first-order valence-electron chi connectivity index (χ1n) is 8.34. The fraction of sp³-hybridized carbons (Fsp3) is 0.684. The summed E-state index contributed by atoms with van der Waals surface area (Å²) in [5.74, 6) is 0.793. The van der Waals surface area contributed by atoms with E-state index < -0.39 is 0 Å². The van der Waals surface area contributed by atoms with E-state index in [0.717, 1.165) is 12.5 Å². The van der Waals surface area contributed by atoms with E-state index in [-0.39, 0.29) is 5.54 Å². The Morgan fingerprint density at radius 3 is 2.15 bits per heavy atom. The smallest absolute Gasteiger partial charge is 0.0406 e. The van der Waals surface area contributed by atoms with Gasteiger partial charge in [-0.25, -0.2) is 0 Å². The molecule has 1 saturated carbocycles. The van der Waals surface area contributed by atoms with Crippen molar-refractivity contribution >= 4 is 0 Å². The normalized spacial score (nSPS) is 30.6. The highest BCUT2D eigenvalue weighted by Crippen LogP contribution is 2.42. The van der Waals surface area contributed by atoms with Crippen molar-refractivity contribution < 1.29 is 0 Å². The summed E-state index contributed by atoms with van der Waals surface area (Å²) in [6.45, 7) is 8.34. The van der Waals surface area contributed by atoms with E-state index in [0.29, 0.717) is 5.41 Å². The minimum absolute atomic E-state index is 0.215. The van der Waals surface area contributed by atoms with Crippen molar-refractivity contribution in [3.05, 3.63) is 35.4 Å². The molecule has 0 amide bonds. The average Bonchev–Trinajstić information content (AvgIpc) is 2.87. The van der Waals surface area contributed by atoms with Crippen molar-refractivity contribution in [3.63, 3.8) is 0 Å². The summed E-state index contributed by atoms with van der Waals surface area (Å²) >= 11 is 0. The Balaban J connectivity index is 1.70. The van der Waals surface area contributed by atoms with Crippen LogP contribution < -0.4 is 5.32 Å². The lowest BCUT2D eigenvalue weighted by Crippen LogP contribution is -2.33. The van der Waals surface area contributed by atoms with Gasteiger partial charge in [-0.3, -0.25) is 0 Å². The van der Waals surface area contributed by atoms with E-state index in [1.807, 2.05) is 0 Å². The molecule has 1 unspecified atom stereocenters. The van der Waals surface area contributed by atoms with Gasteiger partial charge >= 0.3 is 0 Å². The number of rotatable bonds is 2. The molecule has 1 aromatic carbocycles. The highest BCUT2D eigenvalue weighted by molar-refractivity contribution is 5.31. The molecule has 1 heteroatoms. The van der Waals surface area contributed by atoms with Crippen molar-refractivity contribution in [2.75, 3.05) is 6.54 Å². The van der Waals surface area contributed by atoms with Crippen LogP contribution in [-0.2, 0) is 5.54 Å². The third kappa shape index (κ3) is 2.79. The topological polar surface area (TPSA) is 12.0 Å². The molecule has 0 spiro atoms. The standard InChI is InChI=1S/C19H29N/c1-18(2)12-9-16(10-13-18)15-5-7-17(8-6-15)19(3)11-4-14-20-19/h5-8,16,20H,4,9-14H2,1-3H3. The van der Waals surface area contributed by atoms with E-state index in [1.165, 1.54) is 44.1 Å². The first-order chi connectivity index (χ1) is 9.49. The average molecular weight is 271 g/mol. The zero-order valence-electron chi connectivity index (χ0n) is 13.3. The van der Waals surface area contributed by atoms with Gasteiger partial charge in [0.1, 0.15) is 0 Å². The van der Waals surface area contributed by atoms with Gasteiger partial charge in [-0.1, -0.05) is 38.1 Å². The van der Waals surface area contributed by atoms with E-state index in [1.54, 1.807) is 5.56 Å². The van der Waals surface area contributed by atoms with Gasteiger partial charge in [0, 0.05) is 5.54 Å². The highest BCUT2D eigenvalue weighted by Gasteiger charge is 2.31. The Hall–Kier alpha value is -0.820. The Bertz CT molecular complexity index is 441. The molecule has 0 radical (unpaired) electrons. The van der Waals surface area contributed by atoms with Crippen LogP contribution in [0.25, 0.3) is 0 Å². The maximum Gasteiger partial charge on any atom is 0.0406 e. The lowest BCUT2D eigenvalue weighted by atomic mass is 9.71. The van der Waals surface area contributed by atoms with E-state index in [4.69, 9.17) is 0 Å². The van der Waals surface area contributed by atoms with Gasteiger partial charge in [-0.15, -0.1) is 0 Å². The zero-order valence-corrected chi connectivity index (χ0v) is 13.3. The molecular formula is C19H29N.